The molecule has 2 rings (SSSR count). The molecule has 1 saturated heterocycles. The van der Waals surface area contributed by atoms with Gasteiger partial charge in [0, 0.05) is 11.6 Å². The standard InChI is InChI=1S/C13H9ClFN3O3S/c1-21-11(19)5-10-12(20)17-13(22-10)18-16-6-7-2-3-8(15)4-9(7)14/h2-6H,1H3,(H,17,18,20)/b10-5+,16-6?. The maximum atomic E-state index is 12.9. The van der Waals surface area contributed by atoms with Gasteiger partial charge in [-0.3, -0.25) is 10.1 Å². The van der Waals surface area contributed by atoms with Crippen molar-refractivity contribution >= 4 is 46.6 Å². The number of carbonyl (C=O) groups excluding carboxylic acids is 2. The first kappa shape index (κ1) is 16.2. The molecule has 114 valence electrons. The molecule has 0 radical (unpaired) electrons. The van der Waals surface area contributed by atoms with Crippen LogP contribution in [0.5, 0.6) is 0 Å². The van der Waals surface area contributed by atoms with E-state index in [1.165, 1.54) is 25.5 Å². The van der Waals surface area contributed by atoms with Crippen molar-refractivity contribution in [2.75, 3.05) is 7.11 Å². The van der Waals surface area contributed by atoms with Gasteiger partial charge >= 0.3 is 5.97 Å². The summed E-state index contributed by atoms with van der Waals surface area (Å²) in [4.78, 5) is 22.8. The fourth-order valence-corrected chi connectivity index (χ4v) is 2.35. The minimum absolute atomic E-state index is 0.153. The number of amidine groups is 1. The smallest absolute Gasteiger partial charge is 0.331 e. The normalized spacial score (nSPS) is 18.2. The molecule has 0 saturated carbocycles. The fourth-order valence-electron chi connectivity index (χ4n) is 1.39. The zero-order chi connectivity index (χ0) is 16.1. The Morgan fingerprint density at radius 3 is 2.95 bits per heavy atom. The predicted molar refractivity (Wildman–Crippen MR) is 82.3 cm³/mol. The molecular formula is C13H9ClFN3O3S. The first-order chi connectivity index (χ1) is 10.5. The first-order valence-electron chi connectivity index (χ1n) is 5.84. The van der Waals surface area contributed by atoms with Crippen LogP contribution in [0.4, 0.5) is 4.39 Å². The van der Waals surface area contributed by atoms with Crippen LogP contribution in [0.1, 0.15) is 5.56 Å². The van der Waals surface area contributed by atoms with E-state index in [-0.39, 0.29) is 15.1 Å². The zero-order valence-corrected chi connectivity index (χ0v) is 12.7. The summed E-state index contributed by atoms with van der Waals surface area (Å²) in [6.45, 7) is 0. The Balaban J connectivity index is 2.08. The highest BCUT2D eigenvalue weighted by molar-refractivity contribution is 8.18. The molecular weight excluding hydrogens is 333 g/mol. The average molecular weight is 342 g/mol. The lowest BCUT2D eigenvalue weighted by Crippen LogP contribution is -2.19. The number of hydrogen-bond donors (Lipinski definition) is 1. The number of esters is 1. The Bertz CT molecular complexity index is 718. The Morgan fingerprint density at radius 1 is 1.50 bits per heavy atom. The quantitative estimate of drug-likeness (QED) is 0.395. The summed E-state index contributed by atoms with van der Waals surface area (Å²) < 4.78 is 17.3. The van der Waals surface area contributed by atoms with Gasteiger partial charge in [-0.25, -0.2) is 9.18 Å². The highest BCUT2D eigenvalue weighted by Crippen LogP contribution is 2.23. The van der Waals surface area contributed by atoms with Gasteiger partial charge in [-0.15, -0.1) is 5.10 Å². The molecule has 0 bridgehead atoms. The molecule has 1 heterocycles. The van der Waals surface area contributed by atoms with Gasteiger partial charge < -0.3 is 4.74 Å². The number of thioether (sulfide) groups is 1. The van der Waals surface area contributed by atoms with Crippen molar-refractivity contribution in [3.63, 3.8) is 0 Å². The molecule has 9 heteroatoms. The molecule has 0 atom stereocenters. The molecule has 1 aliphatic rings. The average Bonchev–Trinajstić information content (AvgIpc) is 2.81. The number of benzene rings is 1. The second-order valence-corrected chi connectivity index (χ2v) is 5.34. The molecule has 0 unspecified atom stereocenters. The molecule has 1 fully saturated rings. The van der Waals surface area contributed by atoms with Gasteiger partial charge in [0.1, 0.15) is 5.82 Å². The highest BCUT2D eigenvalue weighted by Gasteiger charge is 2.24. The van der Waals surface area contributed by atoms with E-state index >= 15 is 0 Å². The lowest BCUT2D eigenvalue weighted by Gasteiger charge is -1.96. The van der Waals surface area contributed by atoms with Crippen LogP contribution in [-0.2, 0) is 14.3 Å². The molecule has 1 aromatic rings. The number of nitrogens with one attached hydrogen (secondary N) is 1. The van der Waals surface area contributed by atoms with Crippen molar-refractivity contribution in [1.82, 2.24) is 5.32 Å². The molecule has 6 nitrogen and oxygen atoms in total. The second-order valence-electron chi connectivity index (χ2n) is 3.90. The van der Waals surface area contributed by atoms with Crippen molar-refractivity contribution in [3.8, 4) is 0 Å². The summed E-state index contributed by atoms with van der Waals surface area (Å²) in [5.41, 5.74) is 0.479. The Morgan fingerprint density at radius 2 is 2.27 bits per heavy atom. The third kappa shape index (κ3) is 4.15. The van der Waals surface area contributed by atoms with E-state index in [0.29, 0.717) is 5.56 Å². The topological polar surface area (TPSA) is 80.1 Å². The number of rotatable bonds is 3. The summed E-state index contributed by atoms with van der Waals surface area (Å²) in [6.07, 6.45) is 2.38. The van der Waals surface area contributed by atoms with Crippen molar-refractivity contribution in [2.24, 2.45) is 10.2 Å². The van der Waals surface area contributed by atoms with Gasteiger partial charge in [0.25, 0.3) is 5.91 Å². The van der Waals surface area contributed by atoms with E-state index < -0.39 is 17.7 Å². The van der Waals surface area contributed by atoms with Crippen molar-refractivity contribution in [3.05, 3.63) is 45.6 Å². The van der Waals surface area contributed by atoms with Gasteiger partial charge in [0.05, 0.1) is 23.3 Å². The molecule has 0 aliphatic carbocycles. The fraction of sp³-hybridized carbons (Fsp3) is 0.0769. The number of carbonyl (C=O) groups is 2. The van der Waals surface area contributed by atoms with Gasteiger partial charge in [-0.1, -0.05) is 11.6 Å². The van der Waals surface area contributed by atoms with Crippen molar-refractivity contribution in [2.45, 2.75) is 0 Å². The van der Waals surface area contributed by atoms with Crippen LogP contribution >= 0.6 is 23.4 Å². The van der Waals surface area contributed by atoms with Crippen LogP contribution < -0.4 is 5.32 Å². The summed E-state index contributed by atoms with van der Waals surface area (Å²) in [7, 11) is 1.21. The number of halogens is 2. The number of nitrogens with zero attached hydrogens (tertiary/aromatic N) is 2. The number of ether oxygens (including phenoxy) is 1. The lowest BCUT2D eigenvalue weighted by atomic mass is 10.2. The van der Waals surface area contributed by atoms with Crippen LogP contribution in [-0.4, -0.2) is 30.4 Å². The minimum atomic E-state index is -0.638. The molecule has 1 amide bonds. The number of amides is 1. The third-order valence-electron chi connectivity index (χ3n) is 2.41. The summed E-state index contributed by atoms with van der Waals surface area (Å²) in [5.74, 6) is -1.56. The zero-order valence-electron chi connectivity index (χ0n) is 11.2. The highest BCUT2D eigenvalue weighted by atomic mass is 35.5. The van der Waals surface area contributed by atoms with Crippen LogP contribution in [0, 0.1) is 5.82 Å². The molecule has 0 spiro atoms. The Kier molecular flexibility index (Phi) is 5.29. The SMILES string of the molecule is COC(=O)/C=C1/S/C(=N\N=Cc2ccc(F)cc2Cl)NC1=O. The van der Waals surface area contributed by atoms with E-state index in [2.05, 4.69) is 20.3 Å². The van der Waals surface area contributed by atoms with Crippen LogP contribution in [0.25, 0.3) is 0 Å². The van der Waals surface area contributed by atoms with E-state index in [0.717, 1.165) is 23.9 Å². The van der Waals surface area contributed by atoms with E-state index in [4.69, 9.17) is 11.6 Å². The van der Waals surface area contributed by atoms with Crippen molar-refractivity contribution < 1.29 is 18.7 Å². The summed E-state index contributed by atoms with van der Waals surface area (Å²) in [6, 6.07) is 3.84. The van der Waals surface area contributed by atoms with Gasteiger partial charge in [0.15, 0.2) is 5.17 Å². The second kappa shape index (κ2) is 7.19. The number of methoxy groups -OCH3 is 1. The van der Waals surface area contributed by atoms with E-state index in [1.807, 2.05) is 0 Å². The summed E-state index contributed by atoms with van der Waals surface area (Å²) >= 11 is 6.78. The van der Waals surface area contributed by atoms with Crippen LogP contribution in [0.15, 0.2) is 39.4 Å². The predicted octanol–water partition coefficient (Wildman–Crippen LogP) is 2.09. The monoisotopic (exact) mass is 341 g/mol. The van der Waals surface area contributed by atoms with E-state index in [1.54, 1.807) is 0 Å². The largest absolute Gasteiger partial charge is 0.466 e. The number of hydrogen-bond acceptors (Lipinski definition) is 6. The Hall–Kier alpha value is -2.19. The lowest BCUT2D eigenvalue weighted by molar-refractivity contribution is -0.135. The maximum Gasteiger partial charge on any atom is 0.331 e. The van der Waals surface area contributed by atoms with Gasteiger partial charge in [0.2, 0.25) is 0 Å². The molecule has 1 aromatic carbocycles. The Labute approximate surface area is 134 Å². The van der Waals surface area contributed by atoms with Crippen LogP contribution in [0.2, 0.25) is 5.02 Å². The molecule has 22 heavy (non-hydrogen) atoms. The maximum absolute atomic E-state index is 12.9. The molecule has 0 aromatic heterocycles. The molecule has 1 N–H and O–H groups in total. The van der Waals surface area contributed by atoms with Crippen molar-refractivity contribution in [1.29, 1.82) is 0 Å². The summed E-state index contributed by atoms with van der Waals surface area (Å²) in [5, 5.41) is 10.4. The molecule has 1 aliphatic heterocycles. The third-order valence-corrected chi connectivity index (χ3v) is 3.64. The minimum Gasteiger partial charge on any atom is -0.466 e. The first-order valence-corrected chi connectivity index (χ1v) is 7.04. The van der Waals surface area contributed by atoms with Gasteiger partial charge in [-0.05, 0) is 30.0 Å². The van der Waals surface area contributed by atoms with Gasteiger partial charge in [-0.2, -0.15) is 5.10 Å². The van der Waals surface area contributed by atoms with Crippen LogP contribution in [0.3, 0.4) is 0 Å². The van der Waals surface area contributed by atoms with E-state index in [9.17, 15) is 14.0 Å².